The lowest BCUT2D eigenvalue weighted by molar-refractivity contribution is -0.152. The van der Waals surface area contributed by atoms with Gasteiger partial charge in [0, 0.05) is 24.5 Å². The Labute approximate surface area is 156 Å². The van der Waals surface area contributed by atoms with Crippen LogP contribution < -0.4 is 0 Å². The van der Waals surface area contributed by atoms with Gasteiger partial charge in [0.2, 0.25) is 5.91 Å². The molecular formula is C21H30N2O3. The molecule has 0 aliphatic carbocycles. The fourth-order valence-corrected chi connectivity index (χ4v) is 3.02. The summed E-state index contributed by atoms with van der Waals surface area (Å²) in [6.07, 6.45) is 7.43. The Morgan fingerprint density at radius 1 is 1.42 bits per heavy atom. The van der Waals surface area contributed by atoms with E-state index in [4.69, 9.17) is 4.74 Å². The number of nitrogens with zero attached hydrogens (tertiary/aromatic N) is 2. The summed E-state index contributed by atoms with van der Waals surface area (Å²) in [7, 11) is 0. The topological polar surface area (TPSA) is 59.5 Å². The molecule has 2 rings (SSSR count). The molecule has 1 amide bonds. The highest BCUT2D eigenvalue weighted by Gasteiger charge is 2.38. The highest BCUT2D eigenvalue weighted by molar-refractivity contribution is 5.97. The Hall–Kier alpha value is -2.17. The Kier molecular flexibility index (Phi) is 6.95. The Morgan fingerprint density at radius 2 is 2.19 bits per heavy atom. The van der Waals surface area contributed by atoms with Crippen LogP contribution in [0.1, 0.15) is 52.0 Å². The van der Waals surface area contributed by atoms with E-state index < -0.39 is 6.04 Å². The van der Waals surface area contributed by atoms with E-state index >= 15 is 0 Å². The lowest BCUT2D eigenvalue weighted by Gasteiger charge is -2.30. The number of aromatic nitrogens is 1. The number of likely N-dealkylation sites (tertiary alicyclic amines) is 1. The van der Waals surface area contributed by atoms with Crippen molar-refractivity contribution in [1.29, 1.82) is 0 Å². The van der Waals surface area contributed by atoms with Gasteiger partial charge in [-0.15, -0.1) is 0 Å². The predicted molar refractivity (Wildman–Crippen MR) is 101 cm³/mol. The summed E-state index contributed by atoms with van der Waals surface area (Å²) in [5.41, 5.74) is 1.42. The van der Waals surface area contributed by atoms with E-state index in [1.165, 1.54) is 0 Å². The highest BCUT2D eigenvalue weighted by atomic mass is 16.5. The Bertz CT molecular complexity index is 640. The number of ether oxygens (including phenoxy) is 1. The van der Waals surface area contributed by atoms with Crippen molar-refractivity contribution in [2.75, 3.05) is 13.2 Å². The molecule has 26 heavy (non-hydrogen) atoms. The summed E-state index contributed by atoms with van der Waals surface area (Å²) in [6.45, 7) is 11.0. The number of esters is 1. The molecule has 1 saturated heterocycles. The molecule has 0 bridgehead atoms. The first kappa shape index (κ1) is 20.1. The fraction of sp³-hybridized carbons (Fsp3) is 0.571. The first-order chi connectivity index (χ1) is 12.4. The molecule has 0 aromatic carbocycles. The number of carbonyl (C=O) groups is 2. The van der Waals surface area contributed by atoms with Crippen molar-refractivity contribution >= 4 is 11.9 Å². The van der Waals surface area contributed by atoms with Crippen LogP contribution in [0.2, 0.25) is 0 Å². The maximum atomic E-state index is 12.8. The molecule has 0 spiro atoms. The molecular weight excluding hydrogens is 328 g/mol. The molecule has 5 nitrogen and oxygen atoms in total. The van der Waals surface area contributed by atoms with Gasteiger partial charge in [0.15, 0.2) is 0 Å². The van der Waals surface area contributed by atoms with Crippen molar-refractivity contribution < 1.29 is 14.3 Å². The minimum Gasteiger partial charge on any atom is -0.464 e. The molecule has 1 aliphatic rings. The van der Waals surface area contributed by atoms with Gasteiger partial charge in [-0.1, -0.05) is 33.4 Å². The van der Waals surface area contributed by atoms with Crippen LogP contribution in [0.25, 0.3) is 0 Å². The average Bonchev–Trinajstić information content (AvgIpc) is 3.14. The van der Waals surface area contributed by atoms with E-state index in [2.05, 4.69) is 11.6 Å². The molecule has 142 valence electrons. The zero-order valence-corrected chi connectivity index (χ0v) is 16.2. The Morgan fingerprint density at radius 3 is 2.85 bits per heavy atom. The van der Waals surface area contributed by atoms with Crippen LogP contribution in [-0.2, 0) is 20.7 Å². The van der Waals surface area contributed by atoms with Gasteiger partial charge < -0.3 is 9.64 Å². The summed E-state index contributed by atoms with van der Waals surface area (Å²) in [5, 5.41) is 0. The van der Waals surface area contributed by atoms with Crippen molar-refractivity contribution in [3.8, 4) is 0 Å². The van der Waals surface area contributed by atoms with Crippen molar-refractivity contribution in [3.63, 3.8) is 0 Å². The second kappa shape index (κ2) is 8.97. The number of hydrogen-bond acceptors (Lipinski definition) is 4. The van der Waals surface area contributed by atoms with Crippen LogP contribution in [-0.4, -0.2) is 41.0 Å². The summed E-state index contributed by atoms with van der Waals surface area (Å²) in [6, 6.07) is 3.42. The predicted octanol–water partition coefficient (Wildman–Crippen LogP) is 3.54. The maximum Gasteiger partial charge on any atom is 0.328 e. The quantitative estimate of drug-likeness (QED) is 0.405. The summed E-state index contributed by atoms with van der Waals surface area (Å²) in [5.74, 6) is -0.421. The van der Waals surface area contributed by atoms with Gasteiger partial charge in [0.05, 0.1) is 6.61 Å². The van der Waals surface area contributed by atoms with Crippen LogP contribution in [0.3, 0.4) is 0 Å². The van der Waals surface area contributed by atoms with Gasteiger partial charge in [-0.3, -0.25) is 9.78 Å². The van der Waals surface area contributed by atoms with Crippen LogP contribution >= 0.6 is 0 Å². The van der Waals surface area contributed by atoms with E-state index in [0.29, 0.717) is 25.1 Å². The van der Waals surface area contributed by atoms with Crippen LogP contribution in [0.15, 0.2) is 36.7 Å². The monoisotopic (exact) mass is 358 g/mol. The van der Waals surface area contributed by atoms with Gasteiger partial charge in [0.1, 0.15) is 6.04 Å². The summed E-state index contributed by atoms with van der Waals surface area (Å²) >= 11 is 0. The molecule has 1 fully saturated rings. The molecule has 1 atom stereocenters. The molecule has 5 heteroatoms. The third-order valence-corrected chi connectivity index (χ3v) is 5.32. The number of pyridine rings is 1. The van der Waals surface area contributed by atoms with Crippen molar-refractivity contribution in [2.24, 2.45) is 5.41 Å². The van der Waals surface area contributed by atoms with Gasteiger partial charge in [-0.05, 0) is 49.1 Å². The molecule has 1 aliphatic heterocycles. The van der Waals surface area contributed by atoms with Crippen LogP contribution in [0.4, 0.5) is 0 Å². The third kappa shape index (κ3) is 4.93. The average molecular weight is 358 g/mol. The van der Waals surface area contributed by atoms with Crippen molar-refractivity contribution in [2.45, 2.75) is 58.9 Å². The Balaban J connectivity index is 1.85. The van der Waals surface area contributed by atoms with E-state index in [1.807, 2.05) is 39.1 Å². The first-order valence-electron chi connectivity index (χ1n) is 9.42. The van der Waals surface area contributed by atoms with Crippen LogP contribution in [0.5, 0.6) is 0 Å². The van der Waals surface area contributed by atoms with E-state index in [-0.39, 0.29) is 17.3 Å². The van der Waals surface area contributed by atoms with Gasteiger partial charge in [-0.2, -0.15) is 0 Å². The molecule has 1 unspecified atom stereocenters. The normalized spacial score (nSPS) is 17.2. The largest absolute Gasteiger partial charge is 0.464 e. The zero-order chi connectivity index (χ0) is 19.2. The number of rotatable bonds is 8. The van der Waals surface area contributed by atoms with Crippen molar-refractivity contribution in [1.82, 2.24) is 9.88 Å². The molecule has 0 radical (unpaired) electrons. The molecule has 2 heterocycles. The molecule has 0 saturated carbocycles. The molecule has 0 N–H and O–H groups in total. The van der Waals surface area contributed by atoms with Crippen molar-refractivity contribution in [3.05, 3.63) is 42.2 Å². The standard InChI is InChI=1S/C21H30N2O3/c1-5-21(3,4)16(2)19(24)23-13-7-11-18(23)20(25)26-14-8-10-17-9-6-12-22-15-17/h6,9,12,15,18H,2,5,7-8,10-11,13-14H2,1,3-4H3. The highest BCUT2D eigenvalue weighted by Crippen LogP contribution is 2.32. The molecule has 1 aromatic heterocycles. The number of carbonyl (C=O) groups excluding carboxylic acids is 2. The van der Waals surface area contributed by atoms with Gasteiger partial charge >= 0.3 is 5.97 Å². The SMILES string of the molecule is C=C(C(=O)N1CCCC1C(=O)OCCCc1cccnc1)C(C)(C)CC. The summed E-state index contributed by atoms with van der Waals surface area (Å²) in [4.78, 5) is 31.0. The smallest absolute Gasteiger partial charge is 0.328 e. The van der Waals surface area contributed by atoms with Crippen LogP contribution in [0, 0.1) is 5.41 Å². The number of hydrogen-bond donors (Lipinski definition) is 0. The lowest BCUT2D eigenvalue weighted by Crippen LogP contribution is -2.43. The second-order valence-electron chi connectivity index (χ2n) is 7.50. The maximum absolute atomic E-state index is 12.8. The third-order valence-electron chi connectivity index (χ3n) is 5.32. The van der Waals surface area contributed by atoms with E-state index in [0.717, 1.165) is 31.2 Å². The van der Waals surface area contributed by atoms with E-state index in [9.17, 15) is 9.59 Å². The second-order valence-corrected chi connectivity index (χ2v) is 7.50. The van der Waals surface area contributed by atoms with E-state index in [1.54, 1.807) is 11.1 Å². The lowest BCUT2D eigenvalue weighted by atomic mass is 9.82. The minimum atomic E-state index is -0.481. The molecule has 1 aromatic rings. The number of aryl methyl sites for hydroxylation is 1. The zero-order valence-electron chi connectivity index (χ0n) is 16.2. The van der Waals surface area contributed by atoms with Gasteiger partial charge in [0.25, 0.3) is 0 Å². The fourth-order valence-electron chi connectivity index (χ4n) is 3.02. The minimum absolute atomic E-state index is 0.119. The van der Waals surface area contributed by atoms with Gasteiger partial charge in [-0.25, -0.2) is 4.79 Å². The summed E-state index contributed by atoms with van der Waals surface area (Å²) < 4.78 is 5.44. The first-order valence-corrected chi connectivity index (χ1v) is 9.42. The number of amides is 1.